The van der Waals surface area contributed by atoms with Crippen LogP contribution in [-0.2, 0) is 4.74 Å². The molecule has 1 aliphatic heterocycles. The van der Waals surface area contributed by atoms with Gasteiger partial charge in [-0.2, -0.15) is 0 Å². The van der Waals surface area contributed by atoms with E-state index < -0.39 is 0 Å². The Bertz CT molecular complexity index is 342. The van der Waals surface area contributed by atoms with Crippen molar-refractivity contribution in [2.75, 3.05) is 38.6 Å². The Kier molecular flexibility index (Phi) is 4.34. The van der Waals surface area contributed by atoms with Gasteiger partial charge in [0, 0.05) is 39.0 Å². The van der Waals surface area contributed by atoms with Gasteiger partial charge in [0.05, 0.1) is 6.10 Å². The molecule has 1 fully saturated rings. The van der Waals surface area contributed by atoms with Gasteiger partial charge in [-0.15, -0.1) is 0 Å². The van der Waals surface area contributed by atoms with Crippen molar-refractivity contribution in [1.29, 1.82) is 0 Å². The van der Waals surface area contributed by atoms with Gasteiger partial charge in [-0.3, -0.25) is 4.90 Å². The first-order valence-corrected chi connectivity index (χ1v) is 6.02. The lowest BCUT2D eigenvalue weighted by Gasteiger charge is -2.16. The molecule has 0 saturated carbocycles. The Morgan fingerprint density at radius 3 is 2.82 bits per heavy atom. The highest BCUT2D eigenvalue weighted by atomic mass is 19.1. The zero-order valence-corrected chi connectivity index (χ0v) is 10.2. The number of ether oxygens (including phenoxy) is 1. The molecule has 1 heterocycles. The van der Waals surface area contributed by atoms with E-state index in [4.69, 9.17) is 4.74 Å². The number of hydrogen-bond acceptors (Lipinski definition) is 3. The van der Waals surface area contributed by atoms with Crippen LogP contribution in [0.2, 0.25) is 0 Å². The summed E-state index contributed by atoms with van der Waals surface area (Å²) in [7, 11) is 1.77. The van der Waals surface area contributed by atoms with Crippen molar-refractivity contribution in [2.24, 2.45) is 0 Å². The molecule has 0 amide bonds. The number of hydrogen-bond donors (Lipinski definition) is 1. The summed E-state index contributed by atoms with van der Waals surface area (Å²) in [5.41, 5.74) is 0.967. The highest BCUT2D eigenvalue weighted by Gasteiger charge is 2.20. The second-order valence-corrected chi connectivity index (χ2v) is 4.38. The van der Waals surface area contributed by atoms with E-state index in [0.717, 1.165) is 38.3 Å². The Hall–Kier alpha value is -1.13. The standard InChI is InChI=1S/C13H19FN2O/c1-17-13-6-8-16(10-13)9-7-15-12-4-2-11(14)3-5-12/h2-5,13,15H,6-10H2,1H3. The van der Waals surface area contributed by atoms with E-state index in [9.17, 15) is 4.39 Å². The third-order valence-electron chi connectivity index (χ3n) is 3.16. The number of nitrogens with one attached hydrogen (secondary N) is 1. The van der Waals surface area contributed by atoms with Crippen LogP contribution >= 0.6 is 0 Å². The number of likely N-dealkylation sites (tertiary alicyclic amines) is 1. The summed E-state index contributed by atoms with van der Waals surface area (Å²) in [5.74, 6) is -0.196. The Labute approximate surface area is 102 Å². The van der Waals surface area contributed by atoms with Gasteiger partial charge in [0.1, 0.15) is 5.82 Å². The third kappa shape index (κ3) is 3.68. The summed E-state index contributed by atoms with van der Waals surface area (Å²) < 4.78 is 18.0. The Balaban J connectivity index is 1.68. The highest BCUT2D eigenvalue weighted by Crippen LogP contribution is 2.12. The van der Waals surface area contributed by atoms with Crippen molar-refractivity contribution < 1.29 is 9.13 Å². The van der Waals surface area contributed by atoms with Crippen LogP contribution in [0.15, 0.2) is 24.3 Å². The average molecular weight is 238 g/mol. The molecule has 0 spiro atoms. The van der Waals surface area contributed by atoms with Crippen LogP contribution in [0.25, 0.3) is 0 Å². The van der Waals surface area contributed by atoms with Crippen LogP contribution in [0.5, 0.6) is 0 Å². The molecule has 1 aliphatic rings. The van der Waals surface area contributed by atoms with Gasteiger partial charge in [0.25, 0.3) is 0 Å². The minimum Gasteiger partial charge on any atom is -0.384 e. The summed E-state index contributed by atoms with van der Waals surface area (Å²) in [4.78, 5) is 2.38. The zero-order valence-electron chi connectivity index (χ0n) is 10.2. The van der Waals surface area contributed by atoms with E-state index in [1.807, 2.05) is 0 Å². The maximum absolute atomic E-state index is 12.7. The van der Waals surface area contributed by atoms with Gasteiger partial charge in [0.2, 0.25) is 0 Å². The first-order valence-electron chi connectivity index (χ1n) is 6.02. The molecule has 2 rings (SSSR count). The largest absolute Gasteiger partial charge is 0.384 e. The molecule has 17 heavy (non-hydrogen) atoms. The molecular formula is C13H19FN2O. The van der Waals surface area contributed by atoms with Crippen molar-refractivity contribution in [1.82, 2.24) is 4.90 Å². The van der Waals surface area contributed by atoms with Crippen LogP contribution in [0.3, 0.4) is 0 Å². The van der Waals surface area contributed by atoms with Crippen LogP contribution in [0.1, 0.15) is 6.42 Å². The third-order valence-corrected chi connectivity index (χ3v) is 3.16. The molecule has 94 valence electrons. The Morgan fingerprint density at radius 2 is 2.18 bits per heavy atom. The fourth-order valence-electron chi connectivity index (χ4n) is 2.12. The topological polar surface area (TPSA) is 24.5 Å². The first kappa shape index (κ1) is 12.3. The quantitative estimate of drug-likeness (QED) is 0.848. The lowest BCUT2D eigenvalue weighted by Crippen LogP contribution is -2.28. The molecule has 0 aliphatic carbocycles. The minimum absolute atomic E-state index is 0.196. The van der Waals surface area contributed by atoms with Crippen molar-refractivity contribution >= 4 is 5.69 Å². The van der Waals surface area contributed by atoms with Gasteiger partial charge in [0.15, 0.2) is 0 Å². The SMILES string of the molecule is COC1CCN(CCNc2ccc(F)cc2)C1. The monoisotopic (exact) mass is 238 g/mol. The van der Waals surface area contributed by atoms with E-state index >= 15 is 0 Å². The summed E-state index contributed by atoms with van der Waals surface area (Å²) in [6.45, 7) is 3.99. The van der Waals surface area contributed by atoms with Crippen molar-refractivity contribution in [3.05, 3.63) is 30.1 Å². The lowest BCUT2D eigenvalue weighted by atomic mass is 10.3. The average Bonchev–Trinajstić information content (AvgIpc) is 2.80. The second-order valence-electron chi connectivity index (χ2n) is 4.38. The minimum atomic E-state index is -0.196. The fourth-order valence-corrected chi connectivity index (χ4v) is 2.12. The van der Waals surface area contributed by atoms with Crippen LogP contribution in [0.4, 0.5) is 10.1 Å². The molecule has 0 bridgehead atoms. The zero-order chi connectivity index (χ0) is 12.1. The lowest BCUT2D eigenvalue weighted by molar-refractivity contribution is 0.108. The number of methoxy groups -OCH3 is 1. The van der Waals surface area contributed by atoms with Gasteiger partial charge >= 0.3 is 0 Å². The van der Waals surface area contributed by atoms with E-state index in [1.165, 1.54) is 12.1 Å². The maximum atomic E-state index is 12.7. The van der Waals surface area contributed by atoms with E-state index in [1.54, 1.807) is 19.2 Å². The van der Waals surface area contributed by atoms with Crippen molar-refractivity contribution in [2.45, 2.75) is 12.5 Å². The summed E-state index contributed by atoms with van der Waals surface area (Å²) >= 11 is 0. The van der Waals surface area contributed by atoms with E-state index in [0.29, 0.717) is 6.10 Å². The van der Waals surface area contributed by atoms with Crippen molar-refractivity contribution in [3.63, 3.8) is 0 Å². The van der Waals surface area contributed by atoms with Gasteiger partial charge < -0.3 is 10.1 Å². The van der Waals surface area contributed by atoms with Gasteiger partial charge in [-0.05, 0) is 30.7 Å². The predicted molar refractivity (Wildman–Crippen MR) is 66.7 cm³/mol. The summed E-state index contributed by atoms with van der Waals surface area (Å²) in [6, 6.07) is 6.47. The second kappa shape index (κ2) is 5.98. The van der Waals surface area contributed by atoms with Crippen LogP contribution < -0.4 is 5.32 Å². The molecule has 0 radical (unpaired) electrons. The van der Waals surface area contributed by atoms with Gasteiger partial charge in [-0.25, -0.2) is 4.39 Å². The van der Waals surface area contributed by atoms with Gasteiger partial charge in [-0.1, -0.05) is 0 Å². The molecule has 1 aromatic carbocycles. The number of benzene rings is 1. The summed E-state index contributed by atoms with van der Waals surface area (Å²) in [5, 5.41) is 3.28. The van der Waals surface area contributed by atoms with Crippen LogP contribution in [0, 0.1) is 5.82 Å². The number of anilines is 1. The fraction of sp³-hybridized carbons (Fsp3) is 0.538. The smallest absolute Gasteiger partial charge is 0.123 e. The van der Waals surface area contributed by atoms with Crippen LogP contribution in [-0.4, -0.2) is 44.3 Å². The molecule has 3 nitrogen and oxygen atoms in total. The molecular weight excluding hydrogens is 219 g/mol. The number of halogens is 1. The van der Waals surface area contributed by atoms with E-state index in [-0.39, 0.29) is 5.82 Å². The van der Waals surface area contributed by atoms with Crippen molar-refractivity contribution in [3.8, 4) is 0 Å². The highest BCUT2D eigenvalue weighted by molar-refractivity contribution is 5.42. The maximum Gasteiger partial charge on any atom is 0.123 e. The molecule has 4 heteroatoms. The first-order chi connectivity index (χ1) is 8.28. The normalized spacial score (nSPS) is 20.7. The summed E-state index contributed by atoms with van der Waals surface area (Å²) in [6.07, 6.45) is 1.51. The van der Waals surface area contributed by atoms with E-state index in [2.05, 4.69) is 10.2 Å². The molecule has 1 saturated heterocycles. The predicted octanol–water partition coefficient (Wildman–Crippen LogP) is 1.96. The number of nitrogens with zero attached hydrogens (tertiary/aromatic N) is 1. The molecule has 1 N–H and O–H groups in total. The molecule has 0 aromatic heterocycles. The molecule has 1 unspecified atom stereocenters. The molecule has 1 aromatic rings. The Morgan fingerprint density at radius 1 is 1.41 bits per heavy atom. The number of rotatable bonds is 5. The molecule has 1 atom stereocenters.